The second-order valence-corrected chi connectivity index (χ2v) is 11.5. The lowest BCUT2D eigenvalue weighted by Gasteiger charge is -2.31. The van der Waals surface area contributed by atoms with Gasteiger partial charge in [-0.05, 0) is 43.2 Å². The zero-order valence-corrected chi connectivity index (χ0v) is 21.7. The van der Waals surface area contributed by atoms with E-state index in [0.717, 1.165) is 28.5 Å². The minimum Gasteiger partial charge on any atom is -0.325 e. The second kappa shape index (κ2) is 9.95. The number of carbonyl (C=O) groups excluding carboxylic acids is 1. The van der Waals surface area contributed by atoms with E-state index in [9.17, 15) is 17.6 Å². The van der Waals surface area contributed by atoms with Crippen molar-refractivity contribution >= 4 is 39.1 Å². The molecular weight excluding hydrogens is 511 g/mol. The van der Waals surface area contributed by atoms with Crippen LogP contribution in [0.3, 0.4) is 0 Å². The van der Waals surface area contributed by atoms with Gasteiger partial charge in [0.2, 0.25) is 5.91 Å². The van der Waals surface area contributed by atoms with Crippen LogP contribution in [0.25, 0.3) is 11.3 Å². The third-order valence-corrected chi connectivity index (χ3v) is 8.57. The number of anilines is 2. The molecule has 0 unspecified atom stereocenters. The van der Waals surface area contributed by atoms with E-state index in [1.165, 1.54) is 22.6 Å². The first-order chi connectivity index (χ1) is 17.7. The zero-order chi connectivity index (χ0) is 26.2. The maximum atomic E-state index is 13.6. The topological polar surface area (TPSA) is 92.3 Å². The van der Waals surface area contributed by atoms with Crippen molar-refractivity contribution in [2.45, 2.75) is 30.4 Å². The quantitative estimate of drug-likeness (QED) is 0.265. The molecule has 0 fully saturated rings. The van der Waals surface area contributed by atoms with Gasteiger partial charge in [-0.1, -0.05) is 65.9 Å². The summed E-state index contributed by atoms with van der Waals surface area (Å²) in [4.78, 5) is 21.2. The van der Waals surface area contributed by atoms with Crippen LogP contribution < -0.4 is 9.62 Å². The first-order valence-corrected chi connectivity index (χ1v) is 13.9. The number of aromatic nitrogens is 2. The molecule has 1 aliphatic heterocycles. The SMILES string of the molecule is Cc1cccc(CN2c3ccccc3-c3nc(SCC(=O)Nc4cc(F)ccc4C)ncc3S2(=O)=O)c1. The monoisotopic (exact) mass is 534 g/mol. The van der Waals surface area contributed by atoms with Crippen molar-refractivity contribution in [3.05, 3.63) is 95.4 Å². The smallest absolute Gasteiger partial charge is 0.268 e. The fraction of sp³-hybridized carbons (Fsp3) is 0.148. The number of amides is 1. The largest absolute Gasteiger partial charge is 0.325 e. The molecule has 1 aliphatic rings. The van der Waals surface area contributed by atoms with Crippen LogP contribution in [0.5, 0.6) is 0 Å². The molecule has 1 aromatic heterocycles. The maximum Gasteiger partial charge on any atom is 0.268 e. The standard InChI is InChI=1S/C27H23FN4O3S2/c1-17-6-5-7-19(12-17)15-32-23-9-4-3-8-21(23)26-24(37(32,34)35)14-29-27(31-26)36-16-25(33)30-22-13-20(28)11-10-18(22)2/h3-14H,15-16H2,1-2H3,(H,30,33). The first-order valence-electron chi connectivity index (χ1n) is 11.5. The zero-order valence-electron chi connectivity index (χ0n) is 20.1. The number of halogens is 1. The summed E-state index contributed by atoms with van der Waals surface area (Å²) in [6.45, 7) is 3.91. The Kier molecular flexibility index (Phi) is 6.70. The third kappa shape index (κ3) is 5.07. The molecule has 0 spiro atoms. The van der Waals surface area contributed by atoms with Crippen LogP contribution in [0.2, 0.25) is 0 Å². The molecular formula is C27H23FN4O3S2. The number of benzene rings is 3. The number of fused-ring (bicyclic) bond motifs is 3. The number of thioether (sulfide) groups is 1. The van der Waals surface area contributed by atoms with E-state index in [0.29, 0.717) is 22.6 Å². The number of nitrogens with one attached hydrogen (secondary N) is 1. The normalized spacial score (nSPS) is 13.5. The lowest BCUT2D eigenvalue weighted by Crippen LogP contribution is -2.34. The molecule has 0 atom stereocenters. The van der Waals surface area contributed by atoms with Crippen LogP contribution in [-0.2, 0) is 21.4 Å². The van der Waals surface area contributed by atoms with E-state index in [1.54, 1.807) is 25.1 Å². The van der Waals surface area contributed by atoms with Gasteiger partial charge in [0.05, 0.1) is 29.9 Å². The third-order valence-electron chi connectivity index (χ3n) is 5.94. The Morgan fingerprint density at radius 1 is 1.05 bits per heavy atom. The highest BCUT2D eigenvalue weighted by Gasteiger charge is 2.36. The lowest BCUT2D eigenvalue weighted by molar-refractivity contribution is -0.113. The highest BCUT2D eigenvalue weighted by Crippen LogP contribution is 2.42. The highest BCUT2D eigenvalue weighted by molar-refractivity contribution is 7.99. The van der Waals surface area contributed by atoms with E-state index in [1.807, 2.05) is 43.3 Å². The van der Waals surface area contributed by atoms with Crippen LogP contribution in [0.1, 0.15) is 16.7 Å². The molecule has 1 amide bonds. The number of aryl methyl sites for hydroxylation is 2. The van der Waals surface area contributed by atoms with Crippen molar-refractivity contribution in [1.29, 1.82) is 0 Å². The fourth-order valence-electron chi connectivity index (χ4n) is 4.14. The number of hydrogen-bond acceptors (Lipinski definition) is 6. The molecule has 1 N–H and O–H groups in total. The van der Waals surface area contributed by atoms with Crippen LogP contribution in [0, 0.1) is 19.7 Å². The Hall–Kier alpha value is -3.76. The molecule has 3 aromatic carbocycles. The van der Waals surface area contributed by atoms with Crippen LogP contribution >= 0.6 is 11.8 Å². The van der Waals surface area contributed by atoms with E-state index in [-0.39, 0.29) is 28.3 Å². The van der Waals surface area contributed by atoms with Gasteiger partial charge >= 0.3 is 0 Å². The summed E-state index contributed by atoms with van der Waals surface area (Å²) >= 11 is 1.07. The molecule has 7 nitrogen and oxygen atoms in total. The molecule has 4 aromatic rings. The number of sulfonamides is 1. The Bertz CT molecular complexity index is 1630. The molecule has 5 rings (SSSR count). The first kappa shape index (κ1) is 24.9. The van der Waals surface area contributed by atoms with E-state index in [2.05, 4.69) is 15.3 Å². The van der Waals surface area contributed by atoms with E-state index < -0.39 is 15.8 Å². The van der Waals surface area contributed by atoms with Crippen molar-refractivity contribution in [2.75, 3.05) is 15.4 Å². The summed E-state index contributed by atoms with van der Waals surface area (Å²) in [6, 6.07) is 19.1. The van der Waals surface area contributed by atoms with Crippen LogP contribution in [-0.4, -0.2) is 30.0 Å². The van der Waals surface area contributed by atoms with Crippen molar-refractivity contribution in [2.24, 2.45) is 0 Å². The average molecular weight is 535 g/mol. The van der Waals surface area contributed by atoms with Gasteiger partial charge in [-0.25, -0.2) is 22.8 Å². The van der Waals surface area contributed by atoms with Gasteiger partial charge in [0, 0.05) is 11.3 Å². The summed E-state index contributed by atoms with van der Waals surface area (Å²) in [5, 5.41) is 2.95. The summed E-state index contributed by atoms with van der Waals surface area (Å²) in [5.41, 5.74) is 4.55. The summed E-state index contributed by atoms with van der Waals surface area (Å²) in [6.07, 6.45) is 1.30. The molecule has 0 saturated carbocycles. The number of nitrogens with zero attached hydrogens (tertiary/aromatic N) is 3. The molecule has 37 heavy (non-hydrogen) atoms. The van der Waals surface area contributed by atoms with Crippen molar-refractivity contribution in [1.82, 2.24) is 9.97 Å². The van der Waals surface area contributed by atoms with Gasteiger partial charge in [0.15, 0.2) is 5.16 Å². The van der Waals surface area contributed by atoms with Gasteiger partial charge in [0.1, 0.15) is 10.7 Å². The summed E-state index contributed by atoms with van der Waals surface area (Å²) in [5.74, 6) is -0.817. The van der Waals surface area contributed by atoms with Crippen LogP contribution in [0.15, 0.2) is 83.0 Å². The Labute approximate surface area is 218 Å². The second-order valence-electron chi connectivity index (χ2n) is 8.68. The number of para-hydroxylation sites is 1. The van der Waals surface area contributed by atoms with Gasteiger partial charge in [-0.2, -0.15) is 0 Å². The van der Waals surface area contributed by atoms with Gasteiger partial charge in [-0.3, -0.25) is 9.10 Å². The maximum absolute atomic E-state index is 13.6. The number of carbonyl (C=O) groups is 1. The number of hydrogen-bond donors (Lipinski definition) is 1. The molecule has 0 bridgehead atoms. The molecule has 2 heterocycles. The van der Waals surface area contributed by atoms with E-state index in [4.69, 9.17) is 0 Å². The minimum absolute atomic E-state index is 0.0167. The minimum atomic E-state index is -3.92. The van der Waals surface area contributed by atoms with E-state index >= 15 is 0 Å². The fourth-order valence-corrected chi connectivity index (χ4v) is 6.31. The summed E-state index contributed by atoms with van der Waals surface area (Å²) < 4.78 is 42.2. The Balaban J connectivity index is 1.41. The van der Waals surface area contributed by atoms with Crippen molar-refractivity contribution in [3.63, 3.8) is 0 Å². The predicted molar refractivity (Wildman–Crippen MR) is 143 cm³/mol. The lowest BCUT2D eigenvalue weighted by atomic mass is 10.1. The van der Waals surface area contributed by atoms with Gasteiger partial charge in [-0.15, -0.1) is 0 Å². The van der Waals surface area contributed by atoms with Crippen LogP contribution in [0.4, 0.5) is 15.8 Å². The van der Waals surface area contributed by atoms with Crippen molar-refractivity contribution in [3.8, 4) is 11.3 Å². The van der Waals surface area contributed by atoms with Crippen molar-refractivity contribution < 1.29 is 17.6 Å². The van der Waals surface area contributed by atoms with Gasteiger partial charge < -0.3 is 5.32 Å². The molecule has 10 heteroatoms. The average Bonchev–Trinajstić information content (AvgIpc) is 2.87. The highest BCUT2D eigenvalue weighted by atomic mass is 32.2. The molecule has 188 valence electrons. The number of rotatable bonds is 6. The Morgan fingerprint density at radius 3 is 2.68 bits per heavy atom. The molecule has 0 radical (unpaired) electrons. The summed E-state index contributed by atoms with van der Waals surface area (Å²) in [7, 11) is -3.92. The van der Waals surface area contributed by atoms with Gasteiger partial charge in [0.25, 0.3) is 10.0 Å². The predicted octanol–water partition coefficient (Wildman–Crippen LogP) is 5.34. The molecule has 0 saturated heterocycles. The molecule has 0 aliphatic carbocycles. The Morgan fingerprint density at radius 2 is 1.86 bits per heavy atom.